The molecule has 0 spiro atoms. The van der Waals surface area contributed by atoms with Gasteiger partial charge in [0.15, 0.2) is 17.4 Å². The molecule has 0 saturated carbocycles. The van der Waals surface area contributed by atoms with Gasteiger partial charge in [0.05, 0.1) is 24.0 Å². The molecule has 11 nitrogen and oxygen atoms in total. The molecule has 0 unspecified atom stereocenters. The molecule has 1 fully saturated rings. The smallest absolute Gasteiger partial charge is 0.274 e. The quantitative estimate of drug-likeness (QED) is 0.513. The molecule has 1 aliphatic heterocycles. The zero-order valence-corrected chi connectivity index (χ0v) is 20.4. The summed E-state index contributed by atoms with van der Waals surface area (Å²) in [5, 5.41) is 8.77. The molecule has 0 bridgehead atoms. The van der Waals surface area contributed by atoms with Crippen LogP contribution in [-0.2, 0) is 4.79 Å². The van der Waals surface area contributed by atoms with Gasteiger partial charge in [-0.25, -0.2) is 23.8 Å². The normalized spacial score (nSPS) is 16.2. The Balaban J connectivity index is 1.35. The molecule has 1 saturated heterocycles. The van der Waals surface area contributed by atoms with E-state index in [0.717, 1.165) is 12.1 Å². The maximum atomic E-state index is 13.8. The molecule has 3 aromatic rings. The molecular weight excluding hydrogens is 488 g/mol. The lowest BCUT2D eigenvalue weighted by atomic mass is 9.96. The van der Waals surface area contributed by atoms with Crippen LogP contribution in [0.5, 0.6) is 11.6 Å². The van der Waals surface area contributed by atoms with Crippen molar-refractivity contribution in [2.24, 2.45) is 0 Å². The van der Waals surface area contributed by atoms with Crippen molar-refractivity contribution in [1.29, 1.82) is 0 Å². The number of carbonyl (C=O) groups excluding carboxylic acids is 2. The van der Waals surface area contributed by atoms with E-state index in [9.17, 15) is 23.2 Å². The molecule has 1 atom stereocenters. The Morgan fingerprint density at radius 2 is 1.92 bits per heavy atom. The van der Waals surface area contributed by atoms with Crippen LogP contribution in [0.15, 0.2) is 47.5 Å². The molecule has 0 aliphatic carbocycles. The Kier molecular flexibility index (Phi) is 7.25. The Hall–Kier alpha value is -4.26. The Morgan fingerprint density at radius 1 is 1.14 bits per heavy atom. The van der Waals surface area contributed by atoms with Crippen LogP contribution in [0.4, 0.5) is 14.6 Å². The second-order valence-electron chi connectivity index (χ2n) is 9.13. The highest BCUT2D eigenvalue weighted by Gasteiger charge is 2.40. The SMILES string of the molecule is C[C@@H](C(=O)Nc1cnc(Oc2ccc(F)cc2F)cn1)N1CCN(C(=O)c2ccc(=O)[nH]n2)C(C)(C)C1. The van der Waals surface area contributed by atoms with Crippen molar-refractivity contribution in [3.8, 4) is 11.6 Å². The predicted molar refractivity (Wildman–Crippen MR) is 128 cm³/mol. The highest BCUT2D eigenvalue weighted by Crippen LogP contribution is 2.25. The predicted octanol–water partition coefficient (Wildman–Crippen LogP) is 2.19. The number of hydrogen-bond donors (Lipinski definition) is 2. The number of amides is 2. The van der Waals surface area contributed by atoms with Gasteiger partial charge in [-0.1, -0.05) is 0 Å². The third kappa shape index (κ3) is 5.94. The lowest BCUT2D eigenvalue weighted by Gasteiger charge is -2.48. The minimum absolute atomic E-state index is 0.0314. The minimum Gasteiger partial charge on any atom is -0.434 e. The fourth-order valence-corrected chi connectivity index (χ4v) is 4.00. The van der Waals surface area contributed by atoms with Gasteiger partial charge in [-0.05, 0) is 39.0 Å². The van der Waals surface area contributed by atoms with Crippen molar-refractivity contribution < 1.29 is 23.1 Å². The number of aromatic amines is 1. The van der Waals surface area contributed by atoms with Crippen LogP contribution < -0.4 is 15.6 Å². The molecule has 194 valence electrons. The van der Waals surface area contributed by atoms with Gasteiger partial charge in [0, 0.05) is 31.8 Å². The van der Waals surface area contributed by atoms with Crippen molar-refractivity contribution in [3.63, 3.8) is 0 Å². The number of benzene rings is 1. The Morgan fingerprint density at radius 3 is 2.54 bits per heavy atom. The largest absolute Gasteiger partial charge is 0.434 e. The Labute approximate surface area is 210 Å². The molecule has 1 aliphatic rings. The number of hydrogen-bond acceptors (Lipinski definition) is 8. The molecular formula is C24H25F2N7O4. The van der Waals surface area contributed by atoms with Crippen molar-refractivity contribution >= 4 is 17.6 Å². The van der Waals surface area contributed by atoms with Crippen molar-refractivity contribution in [2.75, 3.05) is 25.0 Å². The third-order valence-electron chi connectivity index (χ3n) is 5.99. The minimum atomic E-state index is -0.882. The number of nitrogens with one attached hydrogen (secondary N) is 2. The van der Waals surface area contributed by atoms with Gasteiger partial charge >= 0.3 is 0 Å². The number of ether oxygens (including phenoxy) is 1. The van der Waals surface area contributed by atoms with Crippen LogP contribution in [0.3, 0.4) is 0 Å². The van der Waals surface area contributed by atoms with Crippen molar-refractivity contribution in [1.82, 2.24) is 30.0 Å². The van der Waals surface area contributed by atoms with Gasteiger partial charge in [-0.3, -0.25) is 19.3 Å². The van der Waals surface area contributed by atoms with E-state index in [1.807, 2.05) is 18.7 Å². The van der Waals surface area contributed by atoms with E-state index in [1.54, 1.807) is 11.8 Å². The molecule has 3 heterocycles. The fourth-order valence-electron chi connectivity index (χ4n) is 4.00. The average molecular weight is 514 g/mol. The summed E-state index contributed by atoms with van der Waals surface area (Å²) < 4.78 is 32.1. The van der Waals surface area contributed by atoms with E-state index in [4.69, 9.17) is 4.74 Å². The molecule has 4 rings (SSSR count). The van der Waals surface area contributed by atoms with Crippen molar-refractivity contribution in [3.05, 3.63) is 70.4 Å². The van der Waals surface area contributed by atoms with Gasteiger partial charge in [-0.2, -0.15) is 5.10 Å². The Bertz CT molecular complexity index is 1340. The molecule has 13 heteroatoms. The van der Waals surface area contributed by atoms with E-state index in [2.05, 4.69) is 25.5 Å². The summed E-state index contributed by atoms with van der Waals surface area (Å²) in [5.74, 6) is -2.32. The number of H-pyrrole nitrogens is 1. The van der Waals surface area contributed by atoms with Gasteiger partial charge in [0.1, 0.15) is 11.5 Å². The van der Waals surface area contributed by atoms with E-state index in [1.165, 1.54) is 24.5 Å². The molecule has 2 aromatic heterocycles. The van der Waals surface area contributed by atoms with Crippen LogP contribution in [-0.4, -0.2) is 73.0 Å². The summed E-state index contributed by atoms with van der Waals surface area (Å²) in [7, 11) is 0. The summed E-state index contributed by atoms with van der Waals surface area (Å²) >= 11 is 0. The van der Waals surface area contributed by atoms with Crippen LogP contribution in [0.25, 0.3) is 0 Å². The second kappa shape index (κ2) is 10.4. The lowest BCUT2D eigenvalue weighted by molar-refractivity contribution is -0.122. The molecule has 2 amide bonds. The standard InChI is InChI=1S/C24H25F2N7O4/c1-14(32-8-9-33(24(2,3)13-32)23(36)17-5-7-20(34)31-30-17)22(35)29-19-11-28-21(12-27-19)37-18-6-4-15(25)10-16(18)26/h4-7,10-12,14H,8-9,13H2,1-3H3,(H,31,34)(H,27,29,35)/t14-/m0/s1. The number of halogens is 2. The first-order valence-electron chi connectivity index (χ1n) is 11.4. The number of aromatic nitrogens is 4. The summed E-state index contributed by atoms with van der Waals surface area (Å²) in [6, 6.07) is 4.96. The number of nitrogens with zero attached hydrogens (tertiary/aromatic N) is 5. The van der Waals surface area contributed by atoms with Gasteiger partial charge in [0.2, 0.25) is 11.8 Å². The van der Waals surface area contributed by atoms with Gasteiger partial charge < -0.3 is 15.0 Å². The van der Waals surface area contributed by atoms with Crippen LogP contribution in [0, 0.1) is 11.6 Å². The van der Waals surface area contributed by atoms with E-state index in [-0.39, 0.29) is 35.0 Å². The monoisotopic (exact) mass is 513 g/mol. The van der Waals surface area contributed by atoms with E-state index >= 15 is 0 Å². The molecule has 1 aromatic carbocycles. The zero-order valence-electron chi connectivity index (χ0n) is 20.4. The fraction of sp³-hybridized carbons (Fsp3) is 0.333. The van der Waals surface area contributed by atoms with Gasteiger partial charge in [-0.15, -0.1) is 0 Å². The maximum Gasteiger partial charge on any atom is 0.274 e. The summed E-state index contributed by atoms with van der Waals surface area (Å²) in [6.45, 7) is 6.74. The zero-order chi connectivity index (χ0) is 26.7. The van der Waals surface area contributed by atoms with Gasteiger partial charge in [0.25, 0.3) is 11.5 Å². The first-order chi connectivity index (χ1) is 17.5. The first kappa shape index (κ1) is 25.8. The van der Waals surface area contributed by atoms with Crippen LogP contribution in [0.2, 0.25) is 0 Å². The average Bonchev–Trinajstić information content (AvgIpc) is 2.86. The first-order valence-corrected chi connectivity index (χ1v) is 11.4. The van der Waals surface area contributed by atoms with Crippen LogP contribution in [0.1, 0.15) is 31.3 Å². The summed E-state index contributed by atoms with van der Waals surface area (Å²) in [6.07, 6.45) is 2.47. The third-order valence-corrected chi connectivity index (χ3v) is 5.99. The molecule has 2 N–H and O–H groups in total. The summed E-state index contributed by atoms with van der Waals surface area (Å²) in [5.41, 5.74) is -0.870. The summed E-state index contributed by atoms with van der Waals surface area (Å²) in [4.78, 5) is 48.8. The topological polar surface area (TPSA) is 133 Å². The highest BCUT2D eigenvalue weighted by atomic mass is 19.1. The number of anilines is 1. The van der Waals surface area contributed by atoms with Crippen LogP contribution >= 0.6 is 0 Å². The number of piperazine rings is 1. The highest BCUT2D eigenvalue weighted by molar-refractivity contribution is 5.94. The molecule has 0 radical (unpaired) electrons. The van der Waals surface area contributed by atoms with Crippen molar-refractivity contribution in [2.45, 2.75) is 32.4 Å². The number of carbonyl (C=O) groups is 2. The maximum absolute atomic E-state index is 13.8. The van der Waals surface area contributed by atoms with E-state index in [0.29, 0.717) is 25.7 Å². The number of rotatable bonds is 6. The molecule has 37 heavy (non-hydrogen) atoms. The van der Waals surface area contributed by atoms with E-state index < -0.39 is 28.8 Å². The lowest BCUT2D eigenvalue weighted by Crippen LogP contribution is -2.63. The second-order valence-corrected chi connectivity index (χ2v) is 9.13.